The Hall–Kier alpha value is -7.36. The van der Waals surface area contributed by atoms with Crippen LogP contribution in [0.2, 0.25) is 0 Å². The molecule has 11 aromatic rings. The van der Waals surface area contributed by atoms with Gasteiger partial charge in [0.25, 0.3) is 0 Å². The van der Waals surface area contributed by atoms with Gasteiger partial charge in [0.2, 0.25) is 0 Å². The largest absolute Gasteiger partial charge is 0.456 e. The number of hydrogen-bond acceptors (Lipinski definition) is 3. The zero-order chi connectivity index (χ0) is 36.3. The van der Waals surface area contributed by atoms with Crippen molar-refractivity contribution in [2.24, 2.45) is 0 Å². The summed E-state index contributed by atoms with van der Waals surface area (Å²) in [5.74, 6) is 0. The molecule has 3 nitrogen and oxygen atoms in total. The SMILES string of the molecule is c1ccc(-c2ccc(N(c3ccc(-c4ccc5oc6ccccc6c5c4)cc3)c3ccccc3-c3cccc4c3oc3cc5ccccc5cc34)cc2)cc1. The number of rotatable bonds is 6. The molecule has 3 heteroatoms. The van der Waals surface area contributed by atoms with Gasteiger partial charge in [-0.15, -0.1) is 0 Å². The van der Waals surface area contributed by atoms with E-state index in [1.165, 1.54) is 21.9 Å². The molecule has 0 radical (unpaired) electrons. The number of benzene rings is 9. The van der Waals surface area contributed by atoms with Crippen molar-refractivity contribution in [3.8, 4) is 33.4 Å². The van der Waals surface area contributed by atoms with Crippen molar-refractivity contribution in [3.63, 3.8) is 0 Å². The van der Waals surface area contributed by atoms with E-state index in [0.717, 1.165) is 83.2 Å². The van der Waals surface area contributed by atoms with Gasteiger partial charge in [0.1, 0.15) is 22.3 Å². The quantitative estimate of drug-likeness (QED) is 0.173. The van der Waals surface area contributed by atoms with E-state index in [9.17, 15) is 0 Å². The average Bonchev–Trinajstić information content (AvgIpc) is 3.81. The molecule has 9 aromatic carbocycles. The van der Waals surface area contributed by atoms with E-state index in [-0.39, 0.29) is 0 Å². The number of hydrogen-bond donors (Lipinski definition) is 0. The minimum atomic E-state index is 0.886. The third-order valence-corrected chi connectivity index (χ3v) is 10.9. The molecule has 2 heterocycles. The number of fused-ring (bicyclic) bond motifs is 7. The Balaban J connectivity index is 1.06. The highest BCUT2D eigenvalue weighted by atomic mass is 16.3. The predicted octanol–water partition coefficient (Wildman–Crippen LogP) is 15.1. The molecule has 0 aliphatic heterocycles. The molecule has 2 aromatic heterocycles. The van der Waals surface area contributed by atoms with Gasteiger partial charge in [0, 0.05) is 44.0 Å². The van der Waals surface area contributed by atoms with E-state index in [2.05, 4.69) is 193 Å². The first-order chi connectivity index (χ1) is 27.2. The molecule has 0 amide bonds. The summed E-state index contributed by atoms with van der Waals surface area (Å²) >= 11 is 0. The van der Waals surface area contributed by atoms with Crippen molar-refractivity contribution in [2.45, 2.75) is 0 Å². The minimum Gasteiger partial charge on any atom is -0.456 e. The van der Waals surface area contributed by atoms with Crippen molar-refractivity contribution < 1.29 is 8.83 Å². The number of nitrogens with zero attached hydrogens (tertiary/aromatic N) is 1. The van der Waals surface area contributed by atoms with Crippen LogP contribution in [0.4, 0.5) is 17.1 Å². The second-order valence-electron chi connectivity index (χ2n) is 14.1. The number of anilines is 3. The van der Waals surface area contributed by atoms with Crippen LogP contribution in [0.15, 0.2) is 209 Å². The third kappa shape index (κ3) is 5.28. The standard InChI is InChI=1S/C52H33NO2/c1-2-11-34(12-3-1)35-21-26-40(27-22-35)53(41-28-23-36(24-29-41)39-25-30-50-46(32-39)43-16-7-9-20-49(43)54-50)48-19-8-6-15-42(48)44-17-10-18-45-47-31-37-13-4-5-14-38(37)33-51(47)55-52(44)45/h1-33H. The fourth-order valence-corrected chi connectivity index (χ4v) is 8.16. The number of furan rings is 2. The Morgan fingerprint density at radius 2 is 0.873 bits per heavy atom. The Kier molecular flexibility index (Phi) is 7.17. The molecule has 0 atom stereocenters. The van der Waals surface area contributed by atoms with E-state index in [1.807, 2.05) is 12.1 Å². The van der Waals surface area contributed by atoms with Crippen molar-refractivity contribution in [1.82, 2.24) is 0 Å². The van der Waals surface area contributed by atoms with Crippen molar-refractivity contribution in [3.05, 3.63) is 200 Å². The first-order valence-electron chi connectivity index (χ1n) is 18.7. The smallest absolute Gasteiger partial charge is 0.143 e. The lowest BCUT2D eigenvalue weighted by Crippen LogP contribution is -2.11. The molecular formula is C52H33NO2. The van der Waals surface area contributed by atoms with Crippen LogP contribution in [0.1, 0.15) is 0 Å². The summed E-state index contributed by atoms with van der Waals surface area (Å²) in [6.07, 6.45) is 0. The molecular weight excluding hydrogens is 671 g/mol. The lowest BCUT2D eigenvalue weighted by atomic mass is 9.98. The summed E-state index contributed by atoms with van der Waals surface area (Å²) in [6, 6.07) is 71.0. The highest BCUT2D eigenvalue weighted by Gasteiger charge is 2.21. The summed E-state index contributed by atoms with van der Waals surface area (Å²) < 4.78 is 12.9. The van der Waals surface area contributed by atoms with Crippen molar-refractivity contribution in [1.29, 1.82) is 0 Å². The van der Waals surface area contributed by atoms with Crippen LogP contribution in [0.5, 0.6) is 0 Å². The zero-order valence-corrected chi connectivity index (χ0v) is 29.8. The molecule has 258 valence electrons. The summed E-state index contributed by atoms with van der Waals surface area (Å²) in [4.78, 5) is 2.36. The highest BCUT2D eigenvalue weighted by Crippen LogP contribution is 2.45. The van der Waals surface area contributed by atoms with Crippen LogP contribution in [0.3, 0.4) is 0 Å². The Bertz CT molecular complexity index is 3190. The lowest BCUT2D eigenvalue weighted by Gasteiger charge is -2.28. The topological polar surface area (TPSA) is 29.5 Å². The van der Waals surface area contributed by atoms with Gasteiger partial charge in [0.15, 0.2) is 0 Å². The molecule has 0 spiro atoms. The molecule has 0 unspecified atom stereocenters. The molecule has 0 saturated heterocycles. The van der Waals surface area contributed by atoms with Crippen molar-refractivity contribution >= 4 is 71.7 Å². The van der Waals surface area contributed by atoms with Crippen LogP contribution < -0.4 is 4.90 Å². The summed E-state index contributed by atoms with van der Waals surface area (Å²) in [5, 5.41) is 6.86. The van der Waals surface area contributed by atoms with Gasteiger partial charge in [-0.2, -0.15) is 0 Å². The second kappa shape index (κ2) is 12.6. The summed E-state index contributed by atoms with van der Waals surface area (Å²) in [6.45, 7) is 0. The molecule has 0 saturated carbocycles. The fourth-order valence-electron chi connectivity index (χ4n) is 8.16. The Labute approximate surface area is 317 Å². The van der Waals surface area contributed by atoms with Gasteiger partial charge < -0.3 is 13.7 Å². The maximum Gasteiger partial charge on any atom is 0.143 e. The lowest BCUT2D eigenvalue weighted by molar-refractivity contribution is 0.669. The van der Waals surface area contributed by atoms with Gasteiger partial charge in [-0.25, -0.2) is 0 Å². The van der Waals surface area contributed by atoms with E-state index in [1.54, 1.807) is 0 Å². The monoisotopic (exact) mass is 703 g/mol. The molecule has 0 aliphatic rings. The van der Waals surface area contributed by atoms with Crippen LogP contribution in [0, 0.1) is 0 Å². The van der Waals surface area contributed by atoms with E-state index in [0.29, 0.717) is 0 Å². The molecule has 0 bridgehead atoms. The van der Waals surface area contributed by atoms with Gasteiger partial charge >= 0.3 is 0 Å². The third-order valence-electron chi connectivity index (χ3n) is 10.9. The highest BCUT2D eigenvalue weighted by molar-refractivity contribution is 6.14. The van der Waals surface area contributed by atoms with E-state index >= 15 is 0 Å². The fraction of sp³-hybridized carbons (Fsp3) is 0. The molecule has 0 fully saturated rings. The van der Waals surface area contributed by atoms with E-state index < -0.39 is 0 Å². The van der Waals surface area contributed by atoms with Crippen LogP contribution in [-0.4, -0.2) is 0 Å². The molecule has 0 N–H and O–H groups in total. The second-order valence-corrected chi connectivity index (χ2v) is 14.1. The average molecular weight is 704 g/mol. The van der Waals surface area contributed by atoms with Gasteiger partial charge in [-0.1, -0.05) is 140 Å². The molecule has 11 rings (SSSR count). The number of para-hydroxylation sites is 3. The molecule has 55 heavy (non-hydrogen) atoms. The maximum atomic E-state index is 6.75. The van der Waals surface area contributed by atoms with Gasteiger partial charge in [-0.05, 0) is 93.7 Å². The maximum absolute atomic E-state index is 6.75. The molecule has 0 aliphatic carbocycles. The van der Waals surface area contributed by atoms with Crippen molar-refractivity contribution in [2.75, 3.05) is 4.90 Å². The van der Waals surface area contributed by atoms with Crippen LogP contribution in [0.25, 0.3) is 88.0 Å². The van der Waals surface area contributed by atoms with E-state index in [4.69, 9.17) is 8.83 Å². The normalized spacial score (nSPS) is 11.6. The Morgan fingerprint density at radius 3 is 1.67 bits per heavy atom. The van der Waals surface area contributed by atoms with Crippen LogP contribution >= 0.6 is 0 Å². The predicted molar refractivity (Wildman–Crippen MR) is 229 cm³/mol. The first kappa shape index (κ1) is 31.2. The van der Waals surface area contributed by atoms with Crippen LogP contribution in [-0.2, 0) is 0 Å². The Morgan fingerprint density at radius 1 is 0.309 bits per heavy atom. The zero-order valence-electron chi connectivity index (χ0n) is 29.8. The summed E-state index contributed by atoms with van der Waals surface area (Å²) in [7, 11) is 0. The van der Waals surface area contributed by atoms with Gasteiger partial charge in [0.05, 0.1) is 5.69 Å². The first-order valence-corrected chi connectivity index (χ1v) is 18.7. The minimum absolute atomic E-state index is 0.886. The summed E-state index contributed by atoms with van der Waals surface area (Å²) in [5.41, 5.74) is 13.6. The van der Waals surface area contributed by atoms with Gasteiger partial charge in [-0.3, -0.25) is 0 Å².